The van der Waals surface area contributed by atoms with E-state index in [2.05, 4.69) is 11.9 Å². The first-order valence-corrected chi connectivity index (χ1v) is 12.5. The molecule has 1 heterocycles. The van der Waals surface area contributed by atoms with Gasteiger partial charge in [-0.15, -0.1) is 0 Å². The highest BCUT2D eigenvalue weighted by Gasteiger charge is 2.36. The molecule has 1 aromatic heterocycles. The third kappa shape index (κ3) is 7.28. The van der Waals surface area contributed by atoms with E-state index >= 15 is 0 Å². The number of pyridine rings is 1. The van der Waals surface area contributed by atoms with Crippen LogP contribution in [0.3, 0.4) is 0 Å². The zero-order valence-corrected chi connectivity index (χ0v) is 20.8. The Hall–Kier alpha value is -2.44. The Kier molecular flexibility index (Phi) is 10.5. The van der Waals surface area contributed by atoms with Crippen molar-refractivity contribution in [2.45, 2.75) is 104 Å². The highest BCUT2D eigenvalue weighted by Crippen LogP contribution is 2.34. The Morgan fingerprint density at radius 2 is 1.76 bits per heavy atom. The lowest BCUT2D eigenvalue weighted by atomic mass is 9.82. The second-order valence-corrected chi connectivity index (χ2v) is 9.06. The number of halogens is 2. The van der Waals surface area contributed by atoms with Gasteiger partial charge in [0, 0.05) is 31.2 Å². The summed E-state index contributed by atoms with van der Waals surface area (Å²) in [7, 11) is 0. The van der Waals surface area contributed by atoms with Crippen LogP contribution in [0, 0.1) is 5.92 Å². The molecule has 0 aliphatic heterocycles. The van der Waals surface area contributed by atoms with Gasteiger partial charge in [0.2, 0.25) is 5.78 Å². The number of esters is 1. The van der Waals surface area contributed by atoms with E-state index in [9.17, 15) is 23.2 Å². The quantitative estimate of drug-likeness (QED) is 0.134. The van der Waals surface area contributed by atoms with E-state index in [0.29, 0.717) is 19.3 Å². The molecule has 1 unspecified atom stereocenters. The van der Waals surface area contributed by atoms with Crippen molar-refractivity contribution in [3.05, 3.63) is 40.4 Å². The van der Waals surface area contributed by atoms with Crippen LogP contribution in [-0.2, 0) is 26.7 Å². The number of unbranched alkanes of at least 4 members (excludes halogenated alkanes) is 5. The van der Waals surface area contributed by atoms with Crippen LogP contribution in [0.4, 0.5) is 8.78 Å². The van der Waals surface area contributed by atoms with Crippen LogP contribution >= 0.6 is 0 Å². The lowest BCUT2D eigenvalue weighted by Gasteiger charge is -2.26. The summed E-state index contributed by atoms with van der Waals surface area (Å²) in [6.07, 6.45) is 7.92. The maximum Gasteiger partial charge on any atom is 0.310 e. The predicted molar refractivity (Wildman–Crippen MR) is 127 cm³/mol. The Morgan fingerprint density at radius 1 is 1.09 bits per heavy atom. The van der Waals surface area contributed by atoms with Crippen molar-refractivity contribution in [2.24, 2.45) is 5.92 Å². The van der Waals surface area contributed by atoms with Crippen molar-refractivity contribution in [3.8, 4) is 0 Å². The number of hydrogen-bond donors (Lipinski definition) is 0. The third-order valence-corrected chi connectivity index (χ3v) is 6.30. The fourth-order valence-electron chi connectivity index (χ4n) is 4.25. The number of aromatic nitrogens is 1. The molecule has 5 nitrogen and oxygen atoms in total. The number of hydrogen-bond acceptors (Lipinski definition) is 5. The number of nitrogens with zero attached hydrogens (tertiary/aromatic N) is 1. The van der Waals surface area contributed by atoms with Crippen LogP contribution in [0.5, 0.6) is 0 Å². The molecule has 0 amide bonds. The summed E-state index contributed by atoms with van der Waals surface area (Å²) in [5.41, 5.74) is -0.274. The zero-order valence-electron chi connectivity index (χ0n) is 20.8. The van der Waals surface area contributed by atoms with Crippen molar-refractivity contribution in [1.29, 1.82) is 0 Å². The molecule has 7 heteroatoms. The van der Waals surface area contributed by atoms with E-state index in [-0.39, 0.29) is 53.6 Å². The molecule has 0 bridgehead atoms. The van der Waals surface area contributed by atoms with Crippen LogP contribution < -0.4 is 0 Å². The molecule has 0 fully saturated rings. The molecule has 1 atom stereocenters. The minimum Gasteiger partial charge on any atom is -0.430 e. The third-order valence-electron chi connectivity index (χ3n) is 6.30. The summed E-state index contributed by atoms with van der Waals surface area (Å²) in [5, 5.41) is 0. The molecule has 0 saturated heterocycles. The number of ketones is 2. The lowest BCUT2D eigenvalue weighted by Crippen LogP contribution is -2.28. The number of Topliss-reactive ketones (excluding diaryl/α,β-unsaturated/α-hetero) is 2. The summed E-state index contributed by atoms with van der Waals surface area (Å²) in [6, 6.07) is 2.41. The normalized spacial score (nSPS) is 16.6. The average molecular weight is 478 g/mol. The van der Waals surface area contributed by atoms with Gasteiger partial charge in [0.05, 0.1) is 5.69 Å². The number of allylic oxidation sites excluding steroid dienone is 2. The van der Waals surface area contributed by atoms with Gasteiger partial charge in [-0.2, -0.15) is 8.78 Å². The number of ether oxygens (including phenoxy) is 1. The molecule has 1 aliphatic carbocycles. The fourth-order valence-corrected chi connectivity index (χ4v) is 4.25. The summed E-state index contributed by atoms with van der Waals surface area (Å²) in [4.78, 5) is 42.9. The molecule has 188 valence electrons. The van der Waals surface area contributed by atoms with Crippen molar-refractivity contribution in [1.82, 2.24) is 4.98 Å². The SMILES string of the molecule is CCCCCCCCC(=O)OC1=C(C(=O)c2ccc(C(C)(F)F)nc2CC)C(=O)CCC1CC. The van der Waals surface area contributed by atoms with E-state index in [1.165, 1.54) is 12.5 Å². The number of rotatable bonds is 13. The van der Waals surface area contributed by atoms with Crippen LogP contribution in [0.15, 0.2) is 23.5 Å². The second kappa shape index (κ2) is 12.9. The first-order chi connectivity index (χ1) is 16.1. The summed E-state index contributed by atoms with van der Waals surface area (Å²) < 4.78 is 33.1. The second-order valence-electron chi connectivity index (χ2n) is 9.06. The molecule has 0 aromatic carbocycles. The van der Waals surface area contributed by atoms with Gasteiger partial charge in [0.1, 0.15) is 17.0 Å². The van der Waals surface area contributed by atoms with Gasteiger partial charge in [-0.3, -0.25) is 19.4 Å². The highest BCUT2D eigenvalue weighted by atomic mass is 19.3. The summed E-state index contributed by atoms with van der Waals surface area (Å²) in [6.45, 7) is 6.52. The van der Waals surface area contributed by atoms with Crippen molar-refractivity contribution in [3.63, 3.8) is 0 Å². The Balaban J connectivity index is 2.31. The van der Waals surface area contributed by atoms with Crippen molar-refractivity contribution in [2.75, 3.05) is 0 Å². The molecule has 0 spiro atoms. The van der Waals surface area contributed by atoms with E-state index in [1.54, 1.807) is 6.92 Å². The minimum absolute atomic E-state index is 0.0973. The molecule has 34 heavy (non-hydrogen) atoms. The number of alkyl halides is 2. The van der Waals surface area contributed by atoms with Crippen molar-refractivity contribution >= 4 is 17.5 Å². The van der Waals surface area contributed by atoms with Gasteiger partial charge in [0.25, 0.3) is 5.92 Å². The zero-order chi connectivity index (χ0) is 25.3. The smallest absolute Gasteiger partial charge is 0.310 e. The van der Waals surface area contributed by atoms with Gasteiger partial charge in [-0.1, -0.05) is 52.9 Å². The minimum atomic E-state index is -3.14. The number of carbonyl (C=O) groups excluding carboxylic acids is 3. The largest absolute Gasteiger partial charge is 0.430 e. The van der Waals surface area contributed by atoms with Crippen LogP contribution in [0.1, 0.15) is 114 Å². The highest BCUT2D eigenvalue weighted by molar-refractivity contribution is 6.27. The first-order valence-electron chi connectivity index (χ1n) is 12.5. The Morgan fingerprint density at radius 3 is 2.38 bits per heavy atom. The Bertz CT molecular complexity index is 918. The van der Waals surface area contributed by atoms with Gasteiger partial charge in [0.15, 0.2) is 5.78 Å². The molecule has 1 aliphatic rings. The summed E-state index contributed by atoms with van der Waals surface area (Å²) >= 11 is 0. The topological polar surface area (TPSA) is 73.3 Å². The van der Waals surface area contributed by atoms with Gasteiger partial charge in [-0.25, -0.2) is 0 Å². The molecule has 2 rings (SSSR count). The van der Waals surface area contributed by atoms with Crippen LogP contribution in [0.25, 0.3) is 0 Å². The number of aryl methyl sites for hydroxylation is 1. The van der Waals surface area contributed by atoms with Crippen molar-refractivity contribution < 1.29 is 27.9 Å². The van der Waals surface area contributed by atoms with E-state index < -0.39 is 23.4 Å². The van der Waals surface area contributed by atoms with Gasteiger partial charge in [-0.05, 0) is 37.8 Å². The van der Waals surface area contributed by atoms with E-state index in [4.69, 9.17) is 4.74 Å². The number of carbonyl (C=O) groups is 3. The molecular formula is C27H37F2NO4. The molecule has 0 radical (unpaired) electrons. The monoisotopic (exact) mass is 477 g/mol. The van der Waals surface area contributed by atoms with Gasteiger partial charge < -0.3 is 4.74 Å². The molecule has 0 saturated carbocycles. The average Bonchev–Trinajstić information content (AvgIpc) is 2.80. The van der Waals surface area contributed by atoms with Gasteiger partial charge >= 0.3 is 5.97 Å². The maximum absolute atomic E-state index is 13.7. The molecule has 1 aromatic rings. The Labute approximate surface area is 201 Å². The standard InChI is InChI=1S/C27H37F2NO4/c1-5-8-9-10-11-12-13-23(32)34-26-18(6-2)14-16-21(31)24(26)25(33)19-15-17-22(27(4,28)29)30-20(19)7-3/h15,17-18H,5-14,16H2,1-4H3. The predicted octanol–water partition coefficient (Wildman–Crippen LogP) is 6.88. The first kappa shape index (κ1) is 27.8. The summed E-state index contributed by atoms with van der Waals surface area (Å²) in [5.74, 6) is -4.67. The fraction of sp³-hybridized carbons (Fsp3) is 0.630. The van der Waals surface area contributed by atoms with E-state index in [0.717, 1.165) is 38.7 Å². The maximum atomic E-state index is 13.7. The lowest BCUT2D eigenvalue weighted by molar-refractivity contribution is -0.140. The molecule has 0 N–H and O–H groups in total. The van der Waals surface area contributed by atoms with E-state index in [1.807, 2.05) is 6.92 Å². The van der Waals surface area contributed by atoms with Crippen LogP contribution in [0.2, 0.25) is 0 Å². The van der Waals surface area contributed by atoms with Crippen LogP contribution in [-0.4, -0.2) is 22.5 Å². The molecular weight excluding hydrogens is 440 g/mol.